The van der Waals surface area contributed by atoms with Crippen LogP contribution in [0.5, 0.6) is 0 Å². The Balaban J connectivity index is 1.91. The first-order valence-corrected chi connectivity index (χ1v) is 7.24. The van der Waals surface area contributed by atoms with E-state index in [0.29, 0.717) is 38.5 Å². The monoisotopic (exact) mass is 325 g/mol. The highest BCUT2D eigenvalue weighted by Crippen LogP contribution is 2.31. The summed E-state index contributed by atoms with van der Waals surface area (Å²) in [6, 6.07) is 7.54. The molecule has 2 heterocycles. The Morgan fingerprint density at radius 3 is 2.68 bits per heavy atom. The summed E-state index contributed by atoms with van der Waals surface area (Å²) in [5.74, 6) is 0.0567. The zero-order chi connectivity index (χ0) is 13.3. The van der Waals surface area contributed by atoms with Gasteiger partial charge in [-0.25, -0.2) is 0 Å². The van der Waals surface area contributed by atoms with Crippen LogP contribution in [-0.4, -0.2) is 49.3 Å². The molecule has 1 aromatic carbocycles. The van der Waals surface area contributed by atoms with E-state index in [2.05, 4.69) is 15.9 Å². The fourth-order valence-corrected chi connectivity index (χ4v) is 3.21. The molecule has 2 saturated heterocycles. The number of rotatable bonds is 1. The van der Waals surface area contributed by atoms with E-state index in [1.54, 1.807) is 0 Å². The molecule has 0 N–H and O–H groups in total. The van der Waals surface area contributed by atoms with Crippen LogP contribution in [0.4, 0.5) is 0 Å². The van der Waals surface area contributed by atoms with E-state index >= 15 is 0 Å². The van der Waals surface area contributed by atoms with Crippen LogP contribution in [0.3, 0.4) is 0 Å². The number of carbonyl (C=O) groups excluding carboxylic acids is 1. The Morgan fingerprint density at radius 1 is 1.21 bits per heavy atom. The summed E-state index contributed by atoms with van der Waals surface area (Å²) in [5, 5.41) is 0. The van der Waals surface area contributed by atoms with Gasteiger partial charge in [-0.1, -0.05) is 12.1 Å². The van der Waals surface area contributed by atoms with Crippen molar-refractivity contribution < 1.29 is 14.3 Å². The molecule has 1 amide bonds. The molecule has 19 heavy (non-hydrogen) atoms. The maximum atomic E-state index is 12.8. The quantitative estimate of drug-likeness (QED) is 0.793. The van der Waals surface area contributed by atoms with Crippen LogP contribution in [0, 0.1) is 0 Å². The number of halogens is 1. The highest BCUT2D eigenvalue weighted by Gasteiger charge is 2.45. The Kier molecular flexibility index (Phi) is 3.60. The van der Waals surface area contributed by atoms with Gasteiger partial charge in [-0.2, -0.15) is 0 Å². The van der Waals surface area contributed by atoms with E-state index in [1.165, 1.54) is 0 Å². The minimum atomic E-state index is -0.273. The van der Waals surface area contributed by atoms with Gasteiger partial charge in [-0.15, -0.1) is 0 Å². The first-order valence-electron chi connectivity index (χ1n) is 6.45. The second-order valence-corrected chi connectivity index (χ2v) is 5.87. The third kappa shape index (κ3) is 2.30. The van der Waals surface area contributed by atoms with Gasteiger partial charge < -0.3 is 14.4 Å². The Labute approximate surface area is 120 Å². The van der Waals surface area contributed by atoms with Gasteiger partial charge in [0.25, 0.3) is 5.91 Å². The van der Waals surface area contributed by atoms with Gasteiger partial charge in [0.05, 0.1) is 30.9 Å². The predicted octanol–water partition coefficient (Wildman–Crippen LogP) is 2.08. The molecular formula is C14H16BrNO3. The zero-order valence-electron chi connectivity index (χ0n) is 10.6. The lowest BCUT2D eigenvalue weighted by Crippen LogP contribution is -2.59. The second kappa shape index (κ2) is 5.23. The molecule has 0 saturated carbocycles. The number of hydrogen-bond acceptors (Lipinski definition) is 3. The topological polar surface area (TPSA) is 38.8 Å². The summed E-state index contributed by atoms with van der Waals surface area (Å²) in [6.07, 6.45) is 0.850. The van der Waals surface area contributed by atoms with Crippen LogP contribution < -0.4 is 0 Å². The highest BCUT2D eigenvalue weighted by atomic mass is 79.9. The van der Waals surface area contributed by atoms with Crippen LogP contribution in [0.2, 0.25) is 0 Å². The smallest absolute Gasteiger partial charge is 0.255 e. The van der Waals surface area contributed by atoms with Gasteiger partial charge >= 0.3 is 0 Å². The van der Waals surface area contributed by atoms with Crippen molar-refractivity contribution in [1.82, 2.24) is 4.90 Å². The van der Waals surface area contributed by atoms with Crippen LogP contribution in [-0.2, 0) is 9.47 Å². The second-order valence-electron chi connectivity index (χ2n) is 5.02. The molecule has 1 atom stereocenters. The van der Waals surface area contributed by atoms with Crippen LogP contribution >= 0.6 is 15.9 Å². The first-order chi connectivity index (χ1) is 9.23. The van der Waals surface area contributed by atoms with E-state index in [9.17, 15) is 4.79 Å². The van der Waals surface area contributed by atoms with Crippen molar-refractivity contribution in [2.45, 2.75) is 12.0 Å². The average Bonchev–Trinajstić information content (AvgIpc) is 2.88. The SMILES string of the molecule is O=C(c1ccccc1Br)N1CCOC[C@@]12CCOC2. The molecular weight excluding hydrogens is 310 g/mol. The number of morpholine rings is 1. The van der Waals surface area contributed by atoms with E-state index in [0.717, 1.165) is 10.9 Å². The fourth-order valence-electron chi connectivity index (χ4n) is 2.75. The van der Waals surface area contributed by atoms with Gasteiger partial charge in [-0.3, -0.25) is 4.79 Å². The molecule has 0 unspecified atom stereocenters. The number of benzene rings is 1. The normalized spacial score (nSPS) is 26.9. The minimum Gasteiger partial charge on any atom is -0.379 e. The number of ether oxygens (including phenoxy) is 2. The maximum absolute atomic E-state index is 12.8. The lowest BCUT2D eigenvalue weighted by atomic mass is 9.95. The minimum absolute atomic E-state index is 0.0567. The van der Waals surface area contributed by atoms with Crippen molar-refractivity contribution in [3.05, 3.63) is 34.3 Å². The summed E-state index contributed by atoms with van der Waals surface area (Å²) in [4.78, 5) is 14.7. The summed E-state index contributed by atoms with van der Waals surface area (Å²) in [6.45, 7) is 3.07. The molecule has 1 aromatic rings. The van der Waals surface area contributed by atoms with Crippen molar-refractivity contribution in [3.63, 3.8) is 0 Å². The lowest BCUT2D eigenvalue weighted by molar-refractivity contribution is -0.0551. The third-order valence-corrected chi connectivity index (χ3v) is 4.53. The maximum Gasteiger partial charge on any atom is 0.255 e. The molecule has 4 nitrogen and oxygen atoms in total. The molecule has 0 bridgehead atoms. The standard InChI is InChI=1S/C14H16BrNO3/c15-12-4-2-1-3-11(12)13(17)16-6-8-19-10-14(16)5-7-18-9-14/h1-4H,5-10H2/t14-/m0/s1. The Hall–Kier alpha value is -0.910. The van der Waals surface area contributed by atoms with E-state index < -0.39 is 0 Å². The Bertz CT molecular complexity index is 485. The number of carbonyl (C=O) groups is 1. The largest absolute Gasteiger partial charge is 0.379 e. The summed E-state index contributed by atoms with van der Waals surface area (Å²) in [5.41, 5.74) is 0.431. The van der Waals surface area contributed by atoms with Gasteiger partial charge in [0, 0.05) is 17.6 Å². The zero-order valence-corrected chi connectivity index (χ0v) is 12.2. The van der Waals surface area contributed by atoms with Gasteiger partial charge in [0.2, 0.25) is 0 Å². The molecule has 2 fully saturated rings. The van der Waals surface area contributed by atoms with Gasteiger partial charge in [-0.05, 0) is 34.5 Å². The molecule has 102 valence electrons. The predicted molar refractivity (Wildman–Crippen MR) is 74.2 cm³/mol. The van der Waals surface area contributed by atoms with Crippen molar-refractivity contribution >= 4 is 21.8 Å². The molecule has 5 heteroatoms. The van der Waals surface area contributed by atoms with Crippen LogP contribution in [0.25, 0.3) is 0 Å². The summed E-state index contributed by atoms with van der Waals surface area (Å²) in [7, 11) is 0. The van der Waals surface area contributed by atoms with Gasteiger partial charge in [0.1, 0.15) is 0 Å². The molecule has 1 spiro atoms. The Morgan fingerprint density at radius 2 is 1.95 bits per heavy atom. The highest BCUT2D eigenvalue weighted by molar-refractivity contribution is 9.10. The van der Waals surface area contributed by atoms with E-state index in [-0.39, 0.29) is 11.4 Å². The molecule has 0 aliphatic carbocycles. The molecule has 0 aromatic heterocycles. The fraction of sp³-hybridized carbons (Fsp3) is 0.500. The first kappa shape index (κ1) is 13.1. The van der Waals surface area contributed by atoms with Crippen molar-refractivity contribution in [2.75, 3.05) is 33.0 Å². The summed E-state index contributed by atoms with van der Waals surface area (Å²) >= 11 is 3.45. The number of amides is 1. The van der Waals surface area contributed by atoms with Crippen LogP contribution in [0.1, 0.15) is 16.8 Å². The third-order valence-electron chi connectivity index (χ3n) is 3.83. The van der Waals surface area contributed by atoms with Crippen LogP contribution in [0.15, 0.2) is 28.7 Å². The van der Waals surface area contributed by atoms with E-state index in [1.807, 2.05) is 29.2 Å². The number of hydrogen-bond donors (Lipinski definition) is 0. The van der Waals surface area contributed by atoms with Crippen molar-refractivity contribution in [1.29, 1.82) is 0 Å². The average molecular weight is 326 g/mol. The van der Waals surface area contributed by atoms with Gasteiger partial charge in [0.15, 0.2) is 0 Å². The molecule has 3 rings (SSSR count). The summed E-state index contributed by atoms with van der Waals surface area (Å²) < 4.78 is 11.9. The molecule has 2 aliphatic heterocycles. The number of nitrogens with zero attached hydrogens (tertiary/aromatic N) is 1. The van der Waals surface area contributed by atoms with Crippen molar-refractivity contribution in [3.8, 4) is 0 Å². The lowest BCUT2D eigenvalue weighted by Gasteiger charge is -2.43. The molecule has 2 aliphatic rings. The molecule has 0 radical (unpaired) electrons. The van der Waals surface area contributed by atoms with Crippen molar-refractivity contribution in [2.24, 2.45) is 0 Å². The van der Waals surface area contributed by atoms with E-state index in [4.69, 9.17) is 9.47 Å².